The van der Waals surface area contributed by atoms with Gasteiger partial charge in [0.15, 0.2) is 11.6 Å². The van der Waals surface area contributed by atoms with E-state index in [0.29, 0.717) is 5.56 Å². The van der Waals surface area contributed by atoms with E-state index in [4.69, 9.17) is 4.74 Å². The molecule has 0 atom stereocenters. The van der Waals surface area contributed by atoms with Crippen LogP contribution in [0.5, 0.6) is 5.75 Å². The van der Waals surface area contributed by atoms with Crippen LogP contribution in [-0.4, -0.2) is 6.54 Å². The summed E-state index contributed by atoms with van der Waals surface area (Å²) < 4.78 is 31.6. The summed E-state index contributed by atoms with van der Waals surface area (Å²) >= 11 is 0. The molecule has 2 aromatic rings. The molecule has 2 aromatic carbocycles. The molecule has 112 valence electrons. The Morgan fingerprint density at radius 3 is 2.62 bits per heavy atom. The van der Waals surface area contributed by atoms with Crippen LogP contribution in [0.2, 0.25) is 0 Å². The van der Waals surface area contributed by atoms with Crippen molar-refractivity contribution in [3.05, 3.63) is 65.2 Å². The molecule has 0 saturated heterocycles. The monoisotopic (exact) mass is 291 g/mol. The quantitative estimate of drug-likeness (QED) is 0.777. The van der Waals surface area contributed by atoms with Gasteiger partial charge in [0.1, 0.15) is 12.4 Å². The molecule has 1 N–H and O–H groups in total. The Kier molecular flexibility index (Phi) is 5.69. The smallest absolute Gasteiger partial charge is 0.159 e. The molecule has 0 aliphatic heterocycles. The van der Waals surface area contributed by atoms with Gasteiger partial charge in [-0.15, -0.1) is 0 Å². The SMILES string of the molecule is CCCNCc1cccc(OCc2ccc(F)c(F)c2)c1. The van der Waals surface area contributed by atoms with Gasteiger partial charge >= 0.3 is 0 Å². The Morgan fingerprint density at radius 2 is 1.86 bits per heavy atom. The van der Waals surface area contributed by atoms with E-state index in [1.165, 1.54) is 6.07 Å². The van der Waals surface area contributed by atoms with Gasteiger partial charge in [-0.3, -0.25) is 0 Å². The molecule has 0 radical (unpaired) electrons. The van der Waals surface area contributed by atoms with E-state index in [-0.39, 0.29) is 6.61 Å². The highest BCUT2D eigenvalue weighted by atomic mass is 19.2. The minimum Gasteiger partial charge on any atom is -0.489 e. The molecule has 0 saturated carbocycles. The van der Waals surface area contributed by atoms with Gasteiger partial charge in [-0.25, -0.2) is 8.78 Å². The fourth-order valence-electron chi connectivity index (χ4n) is 1.95. The zero-order chi connectivity index (χ0) is 15.1. The molecule has 0 unspecified atom stereocenters. The van der Waals surface area contributed by atoms with Gasteiger partial charge in [0.25, 0.3) is 0 Å². The molecule has 4 heteroatoms. The van der Waals surface area contributed by atoms with Crippen molar-refractivity contribution in [1.82, 2.24) is 5.32 Å². The lowest BCUT2D eigenvalue weighted by Gasteiger charge is -2.09. The minimum atomic E-state index is -0.853. The predicted molar refractivity (Wildman–Crippen MR) is 79.1 cm³/mol. The summed E-state index contributed by atoms with van der Waals surface area (Å²) in [6.07, 6.45) is 1.09. The van der Waals surface area contributed by atoms with Crippen molar-refractivity contribution in [3.63, 3.8) is 0 Å². The van der Waals surface area contributed by atoms with Crippen LogP contribution in [0.15, 0.2) is 42.5 Å². The van der Waals surface area contributed by atoms with Crippen LogP contribution in [0.3, 0.4) is 0 Å². The summed E-state index contributed by atoms with van der Waals surface area (Å²) in [5.74, 6) is -0.980. The molecule has 0 bridgehead atoms. The van der Waals surface area contributed by atoms with Crippen molar-refractivity contribution < 1.29 is 13.5 Å². The Hall–Kier alpha value is -1.94. The van der Waals surface area contributed by atoms with Gasteiger partial charge in [-0.05, 0) is 48.4 Å². The molecule has 21 heavy (non-hydrogen) atoms. The van der Waals surface area contributed by atoms with Gasteiger partial charge in [0, 0.05) is 6.54 Å². The second-order valence-electron chi connectivity index (χ2n) is 4.86. The average Bonchev–Trinajstić information content (AvgIpc) is 2.49. The van der Waals surface area contributed by atoms with E-state index >= 15 is 0 Å². The van der Waals surface area contributed by atoms with Gasteiger partial charge in [0.2, 0.25) is 0 Å². The third-order valence-electron chi connectivity index (χ3n) is 3.04. The Balaban J connectivity index is 1.93. The molecular formula is C17H19F2NO. The van der Waals surface area contributed by atoms with Crippen molar-refractivity contribution in [2.75, 3.05) is 6.54 Å². The standard InChI is InChI=1S/C17H19F2NO/c1-2-8-20-11-13-4-3-5-15(9-13)21-12-14-6-7-16(18)17(19)10-14/h3-7,9-10,20H,2,8,11-12H2,1H3. The Morgan fingerprint density at radius 1 is 1.00 bits per heavy atom. The number of benzene rings is 2. The molecule has 0 aliphatic carbocycles. The first-order chi connectivity index (χ1) is 10.2. The fourth-order valence-corrected chi connectivity index (χ4v) is 1.95. The van der Waals surface area contributed by atoms with Crippen LogP contribution in [0, 0.1) is 11.6 Å². The van der Waals surface area contributed by atoms with E-state index in [1.54, 1.807) is 0 Å². The summed E-state index contributed by atoms with van der Waals surface area (Å²) in [6.45, 7) is 4.09. The van der Waals surface area contributed by atoms with E-state index in [1.807, 2.05) is 24.3 Å². The van der Waals surface area contributed by atoms with Crippen LogP contribution < -0.4 is 10.1 Å². The molecule has 0 spiro atoms. The molecular weight excluding hydrogens is 272 g/mol. The first-order valence-corrected chi connectivity index (χ1v) is 7.05. The first-order valence-electron chi connectivity index (χ1n) is 7.05. The third kappa shape index (κ3) is 4.83. The van der Waals surface area contributed by atoms with Crippen molar-refractivity contribution in [2.24, 2.45) is 0 Å². The number of rotatable bonds is 7. The minimum absolute atomic E-state index is 0.211. The topological polar surface area (TPSA) is 21.3 Å². The zero-order valence-corrected chi connectivity index (χ0v) is 12.0. The van der Waals surface area contributed by atoms with Crippen molar-refractivity contribution in [2.45, 2.75) is 26.5 Å². The molecule has 0 aliphatic rings. The number of ether oxygens (including phenoxy) is 1. The normalized spacial score (nSPS) is 10.6. The lowest BCUT2D eigenvalue weighted by atomic mass is 10.2. The Bertz CT molecular complexity index is 587. The Labute approximate surface area is 123 Å². The summed E-state index contributed by atoms with van der Waals surface area (Å²) in [6, 6.07) is 11.5. The molecule has 0 aromatic heterocycles. The van der Waals surface area contributed by atoms with Crippen molar-refractivity contribution >= 4 is 0 Å². The number of nitrogens with one attached hydrogen (secondary N) is 1. The molecule has 0 fully saturated rings. The van der Waals surface area contributed by atoms with Gasteiger partial charge < -0.3 is 10.1 Å². The summed E-state index contributed by atoms with van der Waals surface area (Å²) in [4.78, 5) is 0. The van der Waals surface area contributed by atoms with Gasteiger partial charge in [-0.2, -0.15) is 0 Å². The van der Waals surface area contributed by atoms with Crippen LogP contribution in [0.1, 0.15) is 24.5 Å². The predicted octanol–water partition coefficient (Wildman–Crippen LogP) is 4.04. The second kappa shape index (κ2) is 7.74. The maximum atomic E-state index is 13.1. The van der Waals surface area contributed by atoms with E-state index in [9.17, 15) is 8.78 Å². The number of hydrogen-bond donors (Lipinski definition) is 1. The molecule has 0 amide bonds. The van der Waals surface area contributed by atoms with Crippen molar-refractivity contribution in [3.8, 4) is 5.75 Å². The highest BCUT2D eigenvalue weighted by Gasteiger charge is 2.03. The first kappa shape index (κ1) is 15.4. The lowest BCUT2D eigenvalue weighted by molar-refractivity contribution is 0.304. The van der Waals surface area contributed by atoms with E-state index in [2.05, 4.69) is 12.2 Å². The molecule has 0 heterocycles. The van der Waals surface area contributed by atoms with Gasteiger partial charge in [0.05, 0.1) is 0 Å². The van der Waals surface area contributed by atoms with Crippen LogP contribution in [0.25, 0.3) is 0 Å². The summed E-state index contributed by atoms with van der Waals surface area (Å²) in [7, 11) is 0. The highest BCUT2D eigenvalue weighted by molar-refractivity contribution is 5.29. The summed E-state index contributed by atoms with van der Waals surface area (Å²) in [5.41, 5.74) is 1.73. The largest absolute Gasteiger partial charge is 0.489 e. The fraction of sp³-hybridized carbons (Fsp3) is 0.294. The van der Waals surface area contributed by atoms with E-state index < -0.39 is 11.6 Å². The van der Waals surface area contributed by atoms with Crippen molar-refractivity contribution in [1.29, 1.82) is 0 Å². The maximum Gasteiger partial charge on any atom is 0.159 e. The maximum absolute atomic E-state index is 13.1. The average molecular weight is 291 g/mol. The third-order valence-corrected chi connectivity index (χ3v) is 3.04. The number of halogens is 2. The van der Waals surface area contributed by atoms with E-state index in [0.717, 1.165) is 43.0 Å². The van der Waals surface area contributed by atoms with Gasteiger partial charge in [-0.1, -0.05) is 25.1 Å². The van der Waals surface area contributed by atoms with Crippen LogP contribution >= 0.6 is 0 Å². The van der Waals surface area contributed by atoms with Crippen LogP contribution in [0.4, 0.5) is 8.78 Å². The molecule has 2 rings (SSSR count). The highest BCUT2D eigenvalue weighted by Crippen LogP contribution is 2.16. The second-order valence-corrected chi connectivity index (χ2v) is 4.86. The lowest BCUT2D eigenvalue weighted by Crippen LogP contribution is -2.13. The van der Waals surface area contributed by atoms with Crippen LogP contribution in [-0.2, 0) is 13.2 Å². The number of hydrogen-bond acceptors (Lipinski definition) is 2. The molecule has 2 nitrogen and oxygen atoms in total. The summed E-state index contributed by atoms with van der Waals surface area (Å²) in [5, 5.41) is 3.32. The zero-order valence-electron chi connectivity index (χ0n) is 12.0.